The van der Waals surface area contributed by atoms with E-state index in [1.165, 1.54) is 11.8 Å². The van der Waals surface area contributed by atoms with Crippen LogP contribution in [0.15, 0.2) is 83.9 Å². The molecule has 4 aromatic rings. The maximum atomic E-state index is 14.6. The third-order valence-corrected chi connectivity index (χ3v) is 10.4. The molecule has 2 atom stereocenters. The number of carbonyl (C=O) groups excluding carboxylic acids is 2. The molecule has 3 heterocycles. The summed E-state index contributed by atoms with van der Waals surface area (Å²) >= 11 is 14.0. The van der Waals surface area contributed by atoms with Crippen molar-refractivity contribution in [2.75, 3.05) is 32.8 Å². The number of carbonyl (C=O) groups is 2. The lowest BCUT2D eigenvalue weighted by Gasteiger charge is -2.36. The molecule has 0 bridgehead atoms. The van der Waals surface area contributed by atoms with E-state index in [1.54, 1.807) is 0 Å². The number of thioether (sulfide) groups is 1. The second-order valence-corrected chi connectivity index (χ2v) is 13.6. The second-order valence-electron chi connectivity index (χ2n) is 11.3. The molecule has 1 N–H and O–H groups in total. The summed E-state index contributed by atoms with van der Waals surface area (Å²) in [5.41, 5.74) is 2.77. The van der Waals surface area contributed by atoms with E-state index in [0.29, 0.717) is 23.0 Å². The monoisotopic (exact) mass is 635 g/mol. The van der Waals surface area contributed by atoms with Crippen LogP contribution < -0.4 is 0 Å². The number of ether oxygens (including phenoxy) is 1. The van der Waals surface area contributed by atoms with Crippen LogP contribution in [0.2, 0.25) is 10.0 Å². The number of unbranched alkanes of at least 4 members (excludes halogenated alkanes) is 1. The molecule has 9 heteroatoms. The number of fused-ring (bicyclic) bond motifs is 1. The van der Waals surface area contributed by atoms with Crippen molar-refractivity contribution >= 4 is 57.6 Å². The van der Waals surface area contributed by atoms with Crippen LogP contribution in [-0.2, 0) is 20.9 Å². The number of morpholine rings is 1. The minimum atomic E-state index is -1.00. The minimum Gasteiger partial charge on any atom is -0.379 e. The molecule has 3 aromatic carbocycles. The number of aromatic amines is 1. The predicted octanol–water partition coefficient (Wildman–Crippen LogP) is 7.55. The molecule has 43 heavy (non-hydrogen) atoms. The fourth-order valence-corrected chi connectivity index (χ4v) is 8.10. The van der Waals surface area contributed by atoms with Crippen LogP contribution >= 0.6 is 35.0 Å². The Morgan fingerprint density at radius 2 is 1.72 bits per heavy atom. The molecule has 1 amide bonds. The summed E-state index contributed by atoms with van der Waals surface area (Å²) < 4.78 is 4.48. The van der Waals surface area contributed by atoms with Crippen molar-refractivity contribution in [1.29, 1.82) is 0 Å². The van der Waals surface area contributed by atoms with Gasteiger partial charge in [-0.3, -0.25) is 14.5 Å². The fourth-order valence-electron chi connectivity index (χ4n) is 6.31. The van der Waals surface area contributed by atoms with E-state index in [-0.39, 0.29) is 18.1 Å². The van der Waals surface area contributed by atoms with E-state index in [2.05, 4.69) is 9.88 Å². The fraction of sp³-hybridized carbons (Fsp3) is 0.353. The van der Waals surface area contributed by atoms with Gasteiger partial charge in [0.05, 0.1) is 25.7 Å². The second kappa shape index (κ2) is 13.4. The van der Waals surface area contributed by atoms with Crippen LogP contribution in [0.25, 0.3) is 10.9 Å². The molecule has 0 radical (unpaired) electrons. The van der Waals surface area contributed by atoms with E-state index < -0.39 is 10.8 Å². The van der Waals surface area contributed by atoms with Gasteiger partial charge in [-0.15, -0.1) is 11.8 Å². The average molecular weight is 637 g/mol. The Balaban J connectivity index is 1.38. The lowest BCUT2D eigenvalue weighted by Crippen LogP contribution is -2.42. The number of H-pyrrole nitrogens is 1. The van der Waals surface area contributed by atoms with E-state index >= 15 is 0 Å². The van der Waals surface area contributed by atoms with Crippen molar-refractivity contribution in [3.8, 4) is 0 Å². The maximum absolute atomic E-state index is 14.6. The predicted molar refractivity (Wildman–Crippen MR) is 174 cm³/mol. The topological polar surface area (TPSA) is 65.6 Å². The van der Waals surface area contributed by atoms with E-state index in [9.17, 15) is 9.59 Å². The van der Waals surface area contributed by atoms with Crippen LogP contribution in [0.3, 0.4) is 0 Å². The summed E-state index contributed by atoms with van der Waals surface area (Å²) in [5.74, 6) is 0.0805. The number of Topliss-reactive ketones (excluding diaryl/α,β-unsaturated/α-hetero) is 1. The molecule has 0 spiro atoms. The summed E-state index contributed by atoms with van der Waals surface area (Å²) in [5, 5.41) is 2.23. The third-order valence-electron chi connectivity index (χ3n) is 8.47. The normalized spacial score (nSPS) is 21.1. The maximum Gasteiger partial charge on any atom is 0.225 e. The van der Waals surface area contributed by atoms with Gasteiger partial charge in [-0.05, 0) is 61.3 Å². The highest BCUT2D eigenvalue weighted by atomic mass is 35.5. The van der Waals surface area contributed by atoms with Gasteiger partial charge in [0.1, 0.15) is 4.75 Å². The number of ketones is 1. The summed E-state index contributed by atoms with van der Waals surface area (Å²) in [6, 6.07) is 22.8. The number of rotatable bonds is 11. The van der Waals surface area contributed by atoms with E-state index in [4.69, 9.17) is 27.9 Å². The van der Waals surface area contributed by atoms with Crippen LogP contribution in [0.5, 0.6) is 0 Å². The Labute approximate surface area is 266 Å². The number of likely N-dealkylation sites (tertiary alicyclic amines) is 1. The first-order valence-corrected chi connectivity index (χ1v) is 16.4. The molecule has 0 unspecified atom stereocenters. The van der Waals surface area contributed by atoms with Gasteiger partial charge in [0.15, 0.2) is 5.78 Å². The number of nitrogens with zero attached hydrogens (tertiary/aromatic N) is 2. The molecule has 2 aliphatic rings. The van der Waals surface area contributed by atoms with Gasteiger partial charge < -0.3 is 14.6 Å². The lowest BCUT2D eigenvalue weighted by atomic mass is 9.86. The van der Waals surface area contributed by atoms with E-state index in [1.807, 2.05) is 83.9 Å². The molecular formula is C34H35Cl2N3O3S. The molecule has 2 saturated heterocycles. The zero-order valence-corrected chi connectivity index (χ0v) is 26.3. The number of hydrogen-bond acceptors (Lipinski definition) is 5. The molecule has 1 aromatic heterocycles. The van der Waals surface area contributed by atoms with Crippen molar-refractivity contribution in [3.05, 3.63) is 100 Å². The first-order valence-electron chi connectivity index (χ1n) is 14.8. The number of benzene rings is 3. The standard InChI is InChI=1S/C34H35Cl2N3O3S/c35-25-11-9-24(10-12-25)23-39-32(41)21-34(43-27-6-2-1-3-7-27,31(40)8-4-5-15-38-16-18-42-19-17-38)33(39)29-22-37-30-20-26(36)13-14-28(29)30/h1-3,6-7,9-14,20,22,33,37H,4-5,8,15-19,21,23H2/t33-,34-/m0/s1. The summed E-state index contributed by atoms with van der Waals surface area (Å²) in [6.45, 7) is 4.72. The smallest absolute Gasteiger partial charge is 0.225 e. The highest BCUT2D eigenvalue weighted by Crippen LogP contribution is 2.55. The number of aromatic nitrogens is 1. The highest BCUT2D eigenvalue weighted by Gasteiger charge is 2.57. The molecule has 6 rings (SSSR count). The zero-order chi connectivity index (χ0) is 29.8. The molecule has 6 nitrogen and oxygen atoms in total. The zero-order valence-electron chi connectivity index (χ0n) is 23.9. The Morgan fingerprint density at radius 1 is 0.977 bits per heavy atom. The van der Waals surface area contributed by atoms with Crippen molar-refractivity contribution in [2.45, 2.75) is 47.9 Å². The number of nitrogens with one attached hydrogen (secondary N) is 1. The van der Waals surface area contributed by atoms with Gasteiger partial charge in [0.2, 0.25) is 5.91 Å². The van der Waals surface area contributed by atoms with Gasteiger partial charge in [0, 0.05) is 63.7 Å². The molecule has 2 aliphatic heterocycles. The summed E-state index contributed by atoms with van der Waals surface area (Å²) in [4.78, 5) is 37.3. The van der Waals surface area contributed by atoms with Crippen molar-refractivity contribution in [1.82, 2.24) is 14.8 Å². The average Bonchev–Trinajstić information content (AvgIpc) is 3.54. The molecule has 224 valence electrons. The minimum absolute atomic E-state index is 0.0339. The molecular weight excluding hydrogens is 601 g/mol. The number of halogens is 2. The molecule has 0 aliphatic carbocycles. The Morgan fingerprint density at radius 3 is 2.49 bits per heavy atom. The molecule has 2 fully saturated rings. The molecule has 0 saturated carbocycles. The largest absolute Gasteiger partial charge is 0.379 e. The van der Waals surface area contributed by atoms with Gasteiger partial charge >= 0.3 is 0 Å². The quantitative estimate of drug-likeness (QED) is 0.172. The van der Waals surface area contributed by atoms with Crippen LogP contribution in [0.4, 0.5) is 0 Å². The Bertz CT molecular complexity index is 1570. The number of hydrogen-bond donors (Lipinski definition) is 1. The van der Waals surface area contributed by atoms with Crippen LogP contribution in [0.1, 0.15) is 42.9 Å². The van der Waals surface area contributed by atoms with Crippen molar-refractivity contribution in [2.24, 2.45) is 0 Å². The Hall–Kier alpha value is -2.81. The van der Waals surface area contributed by atoms with Gasteiger partial charge in [-0.25, -0.2) is 0 Å². The van der Waals surface area contributed by atoms with Crippen molar-refractivity contribution < 1.29 is 14.3 Å². The van der Waals surface area contributed by atoms with E-state index in [0.717, 1.165) is 72.6 Å². The first-order chi connectivity index (χ1) is 20.9. The third kappa shape index (κ3) is 6.66. The van der Waals surface area contributed by atoms with Gasteiger partial charge in [0.25, 0.3) is 0 Å². The highest BCUT2D eigenvalue weighted by molar-refractivity contribution is 8.01. The SMILES string of the molecule is O=C1C[C@](Sc2ccccc2)(C(=O)CCCCN2CCOCC2)[C@H](c2c[nH]c3cc(Cl)ccc23)N1Cc1ccc(Cl)cc1. The summed E-state index contributed by atoms with van der Waals surface area (Å²) in [6.07, 6.45) is 4.20. The lowest BCUT2D eigenvalue weighted by molar-refractivity contribution is -0.129. The van der Waals surface area contributed by atoms with Gasteiger partial charge in [-0.2, -0.15) is 0 Å². The van der Waals surface area contributed by atoms with Crippen LogP contribution in [0, 0.1) is 0 Å². The Kier molecular flexibility index (Phi) is 9.45. The van der Waals surface area contributed by atoms with Crippen molar-refractivity contribution in [3.63, 3.8) is 0 Å². The summed E-state index contributed by atoms with van der Waals surface area (Å²) in [7, 11) is 0. The number of amides is 1. The van der Waals surface area contributed by atoms with Gasteiger partial charge in [-0.1, -0.05) is 59.6 Å². The van der Waals surface area contributed by atoms with Crippen LogP contribution in [-0.4, -0.2) is 64.1 Å². The first kappa shape index (κ1) is 30.2.